The van der Waals surface area contributed by atoms with E-state index in [-0.39, 0.29) is 0 Å². The van der Waals surface area contributed by atoms with Gasteiger partial charge in [0.05, 0.1) is 16.3 Å². The van der Waals surface area contributed by atoms with Crippen LogP contribution in [0.2, 0.25) is 0 Å². The van der Waals surface area contributed by atoms with E-state index in [0.717, 1.165) is 36.8 Å². The smallest absolute Gasteiger partial charge is 0.186 e. The zero-order chi connectivity index (χ0) is 13.2. The van der Waals surface area contributed by atoms with Crippen molar-refractivity contribution in [1.29, 1.82) is 0 Å². The Hall–Kier alpha value is -1.14. The van der Waals surface area contributed by atoms with Crippen molar-refractivity contribution in [3.05, 3.63) is 11.1 Å². The van der Waals surface area contributed by atoms with Crippen LogP contribution in [0.3, 0.4) is 0 Å². The topological polar surface area (TPSA) is 55.0 Å². The van der Waals surface area contributed by atoms with E-state index in [2.05, 4.69) is 16.8 Å². The molecule has 1 fully saturated rings. The van der Waals surface area contributed by atoms with E-state index in [1.165, 1.54) is 34.7 Å². The lowest BCUT2D eigenvalue weighted by atomic mass is 10.2. The van der Waals surface area contributed by atoms with Gasteiger partial charge in [-0.05, 0) is 19.3 Å². The first-order valence-electron chi connectivity index (χ1n) is 6.74. The van der Waals surface area contributed by atoms with Gasteiger partial charge in [-0.2, -0.15) is 0 Å². The first-order valence-corrected chi connectivity index (χ1v) is 8.43. The third-order valence-electron chi connectivity index (χ3n) is 3.30. The summed E-state index contributed by atoms with van der Waals surface area (Å²) in [7, 11) is 0. The highest BCUT2D eigenvalue weighted by molar-refractivity contribution is 7.19. The van der Waals surface area contributed by atoms with E-state index in [1.54, 1.807) is 11.3 Å². The molecule has 0 spiro atoms. The van der Waals surface area contributed by atoms with Gasteiger partial charge in [0.2, 0.25) is 0 Å². The van der Waals surface area contributed by atoms with Gasteiger partial charge in [0.15, 0.2) is 10.3 Å². The highest BCUT2D eigenvalue weighted by atomic mass is 32.1. The summed E-state index contributed by atoms with van der Waals surface area (Å²) < 4.78 is 0. The molecule has 0 radical (unpaired) electrons. The molecular weight excluding hydrogens is 276 g/mol. The van der Waals surface area contributed by atoms with Crippen LogP contribution in [0.5, 0.6) is 0 Å². The quantitative estimate of drug-likeness (QED) is 0.939. The highest BCUT2D eigenvalue weighted by Gasteiger charge is 2.20. The normalized spacial score (nSPS) is 15.3. The lowest BCUT2D eigenvalue weighted by Gasteiger charge is -2.12. The van der Waals surface area contributed by atoms with Gasteiger partial charge < -0.3 is 10.6 Å². The van der Waals surface area contributed by atoms with Gasteiger partial charge in [0, 0.05) is 18.5 Å². The minimum absolute atomic E-state index is 0.633. The molecule has 0 aliphatic carbocycles. The molecular formula is C13H18N4S2. The average Bonchev–Trinajstić information content (AvgIpc) is 3.08. The highest BCUT2D eigenvalue weighted by Crippen LogP contribution is 2.37. The molecule has 2 aromatic heterocycles. The number of hydrogen-bond acceptors (Lipinski definition) is 6. The van der Waals surface area contributed by atoms with Crippen molar-refractivity contribution in [2.45, 2.75) is 32.6 Å². The number of hydrogen-bond donors (Lipinski definition) is 1. The molecule has 6 heteroatoms. The maximum absolute atomic E-state index is 5.75. The van der Waals surface area contributed by atoms with Crippen molar-refractivity contribution in [1.82, 2.24) is 9.97 Å². The van der Waals surface area contributed by atoms with E-state index in [1.807, 2.05) is 5.38 Å². The van der Waals surface area contributed by atoms with Crippen molar-refractivity contribution < 1.29 is 0 Å². The van der Waals surface area contributed by atoms with Gasteiger partial charge in [-0.1, -0.05) is 24.7 Å². The molecule has 0 aromatic carbocycles. The number of rotatable bonds is 4. The summed E-state index contributed by atoms with van der Waals surface area (Å²) in [6, 6.07) is 0. The molecule has 0 atom stereocenters. The lowest BCUT2D eigenvalue weighted by Crippen LogP contribution is -2.17. The molecule has 2 aromatic rings. The zero-order valence-corrected chi connectivity index (χ0v) is 12.7. The fraction of sp³-hybridized carbons (Fsp3) is 0.538. The Morgan fingerprint density at radius 3 is 2.74 bits per heavy atom. The molecule has 3 rings (SSSR count). The SMILES string of the molecule is CCCc1nc(N2CCCC2)sc1-c1csc(N)n1. The Morgan fingerprint density at radius 1 is 1.32 bits per heavy atom. The summed E-state index contributed by atoms with van der Waals surface area (Å²) in [5.41, 5.74) is 7.92. The summed E-state index contributed by atoms with van der Waals surface area (Å²) in [6.07, 6.45) is 4.68. The molecule has 19 heavy (non-hydrogen) atoms. The van der Waals surface area contributed by atoms with Crippen LogP contribution in [-0.4, -0.2) is 23.1 Å². The zero-order valence-electron chi connectivity index (χ0n) is 11.1. The Kier molecular flexibility index (Phi) is 3.70. The second kappa shape index (κ2) is 5.46. The number of aryl methyl sites for hydroxylation is 1. The van der Waals surface area contributed by atoms with Crippen molar-refractivity contribution in [2.24, 2.45) is 0 Å². The van der Waals surface area contributed by atoms with Crippen molar-refractivity contribution in [3.63, 3.8) is 0 Å². The van der Waals surface area contributed by atoms with E-state index >= 15 is 0 Å². The Morgan fingerprint density at radius 2 is 2.11 bits per heavy atom. The van der Waals surface area contributed by atoms with Crippen molar-refractivity contribution in [2.75, 3.05) is 23.7 Å². The third kappa shape index (κ3) is 2.60. The van der Waals surface area contributed by atoms with Crippen LogP contribution in [0.15, 0.2) is 5.38 Å². The van der Waals surface area contributed by atoms with Gasteiger partial charge in [0.1, 0.15) is 0 Å². The molecule has 3 heterocycles. The number of nitrogens with zero attached hydrogens (tertiary/aromatic N) is 3. The predicted molar refractivity (Wildman–Crippen MR) is 83.1 cm³/mol. The monoisotopic (exact) mass is 294 g/mol. The van der Waals surface area contributed by atoms with Crippen LogP contribution in [0.1, 0.15) is 31.9 Å². The number of aromatic nitrogens is 2. The van der Waals surface area contributed by atoms with Crippen LogP contribution < -0.4 is 10.6 Å². The summed E-state index contributed by atoms with van der Waals surface area (Å²) in [6.45, 7) is 4.46. The minimum Gasteiger partial charge on any atom is -0.375 e. The third-order valence-corrected chi connectivity index (χ3v) is 5.16. The van der Waals surface area contributed by atoms with Gasteiger partial charge in [-0.3, -0.25) is 0 Å². The number of anilines is 2. The lowest BCUT2D eigenvalue weighted by molar-refractivity contribution is 0.879. The van der Waals surface area contributed by atoms with E-state index in [4.69, 9.17) is 10.7 Å². The predicted octanol–water partition coefficient (Wildman–Crippen LogP) is 3.40. The first-order chi connectivity index (χ1) is 9.28. The summed E-state index contributed by atoms with van der Waals surface area (Å²) in [5.74, 6) is 0. The van der Waals surface area contributed by atoms with E-state index < -0.39 is 0 Å². The molecule has 1 aliphatic rings. The summed E-state index contributed by atoms with van der Waals surface area (Å²) in [5, 5.41) is 3.83. The number of nitrogen functional groups attached to an aromatic ring is 1. The Labute approximate surface area is 121 Å². The Balaban J connectivity index is 1.96. The second-order valence-electron chi connectivity index (χ2n) is 4.79. The number of thiazole rings is 2. The van der Waals surface area contributed by atoms with Crippen LogP contribution in [0, 0.1) is 0 Å². The minimum atomic E-state index is 0.633. The van der Waals surface area contributed by atoms with Gasteiger partial charge >= 0.3 is 0 Å². The fourth-order valence-electron chi connectivity index (χ4n) is 2.38. The largest absolute Gasteiger partial charge is 0.375 e. The van der Waals surface area contributed by atoms with Gasteiger partial charge in [-0.15, -0.1) is 11.3 Å². The molecule has 1 aliphatic heterocycles. The Bertz CT molecular complexity index is 555. The molecule has 0 saturated carbocycles. The van der Waals surface area contributed by atoms with Crippen LogP contribution in [0.25, 0.3) is 10.6 Å². The molecule has 0 amide bonds. The van der Waals surface area contributed by atoms with Crippen molar-refractivity contribution in [3.8, 4) is 10.6 Å². The first kappa shape index (κ1) is 12.9. The number of nitrogens with two attached hydrogens (primary N) is 1. The van der Waals surface area contributed by atoms with Crippen LogP contribution >= 0.6 is 22.7 Å². The standard InChI is InChI=1S/C13H18N4S2/c1-2-5-9-11(10-8-18-12(14)15-10)19-13(16-9)17-6-3-4-7-17/h8H,2-7H2,1H3,(H2,14,15). The van der Waals surface area contributed by atoms with Crippen LogP contribution in [0.4, 0.5) is 10.3 Å². The molecule has 0 unspecified atom stereocenters. The maximum atomic E-state index is 5.75. The summed E-state index contributed by atoms with van der Waals surface area (Å²) in [4.78, 5) is 12.8. The average molecular weight is 294 g/mol. The van der Waals surface area contributed by atoms with Crippen molar-refractivity contribution >= 4 is 32.9 Å². The van der Waals surface area contributed by atoms with Crippen LogP contribution in [-0.2, 0) is 6.42 Å². The van der Waals surface area contributed by atoms with Gasteiger partial charge in [-0.25, -0.2) is 9.97 Å². The molecule has 102 valence electrons. The van der Waals surface area contributed by atoms with E-state index in [9.17, 15) is 0 Å². The molecule has 0 bridgehead atoms. The maximum Gasteiger partial charge on any atom is 0.186 e. The second-order valence-corrected chi connectivity index (χ2v) is 6.65. The molecule has 4 nitrogen and oxygen atoms in total. The molecule has 1 saturated heterocycles. The fourth-order valence-corrected chi connectivity index (χ4v) is 4.13. The summed E-state index contributed by atoms with van der Waals surface area (Å²) >= 11 is 3.27. The molecule has 2 N–H and O–H groups in total. The van der Waals surface area contributed by atoms with Gasteiger partial charge in [0.25, 0.3) is 0 Å². The van der Waals surface area contributed by atoms with E-state index in [0.29, 0.717) is 5.13 Å².